The molecule has 9 nitrogen and oxygen atoms in total. The van der Waals surface area contributed by atoms with Crippen molar-refractivity contribution >= 4 is 28.3 Å². The van der Waals surface area contributed by atoms with E-state index in [0.29, 0.717) is 11.3 Å². The monoisotopic (exact) mass is 436 g/mol. The predicted molar refractivity (Wildman–Crippen MR) is 124 cm³/mol. The van der Waals surface area contributed by atoms with E-state index in [4.69, 9.17) is 4.98 Å². The van der Waals surface area contributed by atoms with Crippen LogP contribution in [0, 0.1) is 10.1 Å². The van der Waals surface area contributed by atoms with Crippen molar-refractivity contribution in [1.29, 1.82) is 0 Å². The Balaban J connectivity index is 1.53. The number of piperazine rings is 1. The normalized spacial score (nSPS) is 15.2. The third-order valence-corrected chi connectivity index (χ3v) is 5.83. The number of hydrogen-bond acceptors (Lipinski definition) is 6. The maximum Gasteiger partial charge on any atom is 0.269 e. The van der Waals surface area contributed by atoms with Crippen LogP contribution in [0.5, 0.6) is 0 Å². The second-order valence-corrected chi connectivity index (χ2v) is 8.22. The lowest BCUT2D eigenvalue weighted by atomic mass is 10.2. The largest absolute Gasteiger partial charge is 0.327 e. The number of nitro groups is 1. The second kappa shape index (κ2) is 9.46. The summed E-state index contributed by atoms with van der Waals surface area (Å²) < 4.78 is 2.27. The molecule has 0 bridgehead atoms. The van der Waals surface area contributed by atoms with Crippen LogP contribution in [0.25, 0.3) is 11.0 Å². The third-order valence-electron chi connectivity index (χ3n) is 5.83. The van der Waals surface area contributed by atoms with E-state index in [-0.39, 0.29) is 11.6 Å². The Morgan fingerprint density at radius 3 is 2.50 bits per heavy atom. The highest BCUT2D eigenvalue weighted by Crippen LogP contribution is 2.23. The molecule has 2 heterocycles. The third kappa shape index (κ3) is 4.79. The topological polar surface area (TPSA) is 96.5 Å². The molecule has 1 aromatic heterocycles. The summed E-state index contributed by atoms with van der Waals surface area (Å²) in [4.78, 5) is 32.6. The quantitative estimate of drug-likeness (QED) is 0.451. The Hall–Kier alpha value is -3.30. The first-order chi connectivity index (χ1) is 15.4. The molecule has 1 saturated heterocycles. The average molecular weight is 437 g/mol. The van der Waals surface area contributed by atoms with Crippen molar-refractivity contribution in [2.24, 2.45) is 0 Å². The first kappa shape index (κ1) is 21.9. The maximum atomic E-state index is 12.6. The number of amides is 1. The number of carbonyl (C=O) groups excluding carboxylic acids is 1. The van der Waals surface area contributed by atoms with E-state index < -0.39 is 4.92 Å². The first-order valence-electron chi connectivity index (χ1n) is 10.9. The predicted octanol–water partition coefficient (Wildman–Crippen LogP) is 3.35. The minimum Gasteiger partial charge on any atom is -0.327 e. The number of aryl methyl sites for hydroxylation is 1. The number of hydrogen-bond donors (Lipinski definition) is 1. The summed E-state index contributed by atoms with van der Waals surface area (Å²) in [5.74, 6) is 0.732. The number of nitrogens with zero attached hydrogens (tertiary/aromatic N) is 5. The molecule has 1 aliphatic heterocycles. The highest BCUT2D eigenvalue weighted by Gasteiger charge is 2.18. The second-order valence-electron chi connectivity index (χ2n) is 8.22. The number of rotatable bonds is 7. The van der Waals surface area contributed by atoms with E-state index in [0.717, 1.165) is 62.5 Å². The summed E-state index contributed by atoms with van der Waals surface area (Å²) in [6, 6.07) is 11.3. The van der Waals surface area contributed by atoms with Crippen LogP contribution in [0.15, 0.2) is 42.5 Å². The van der Waals surface area contributed by atoms with Crippen LogP contribution in [0.1, 0.15) is 29.5 Å². The molecule has 1 amide bonds. The number of nitro benzene ring substituents is 1. The van der Waals surface area contributed by atoms with Gasteiger partial charge in [0.05, 0.1) is 22.5 Å². The summed E-state index contributed by atoms with van der Waals surface area (Å²) in [7, 11) is 2.15. The lowest BCUT2D eigenvalue weighted by Gasteiger charge is -2.32. The van der Waals surface area contributed by atoms with Gasteiger partial charge >= 0.3 is 0 Å². The van der Waals surface area contributed by atoms with Gasteiger partial charge in [0.1, 0.15) is 5.82 Å². The standard InChI is InChI=1S/C23H28N6O3/c1-3-10-28-21-9-6-18(24-23(30)17-4-7-19(8-5-17)29(31)32)15-20(21)25-22(28)16-27-13-11-26(2)12-14-27/h4-9,15H,3,10-14,16H2,1-2H3,(H,24,30). The van der Waals surface area contributed by atoms with E-state index in [1.54, 1.807) is 0 Å². The maximum absolute atomic E-state index is 12.6. The first-order valence-corrected chi connectivity index (χ1v) is 10.9. The van der Waals surface area contributed by atoms with Crippen LogP contribution >= 0.6 is 0 Å². The number of imidazole rings is 1. The molecule has 3 aromatic rings. The van der Waals surface area contributed by atoms with Crippen molar-refractivity contribution in [2.75, 3.05) is 38.5 Å². The van der Waals surface area contributed by atoms with Gasteiger partial charge < -0.3 is 14.8 Å². The number of non-ortho nitro benzene ring substituents is 1. The van der Waals surface area contributed by atoms with Crippen LogP contribution in [-0.2, 0) is 13.1 Å². The molecule has 0 atom stereocenters. The minimum absolute atomic E-state index is 0.0442. The SMILES string of the molecule is CCCn1c(CN2CCN(C)CC2)nc2cc(NC(=O)c3ccc([N+](=O)[O-])cc3)ccc21. The highest BCUT2D eigenvalue weighted by molar-refractivity contribution is 6.05. The van der Waals surface area contributed by atoms with E-state index >= 15 is 0 Å². The summed E-state index contributed by atoms with van der Waals surface area (Å²) >= 11 is 0. The lowest BCUT2D eigenvalue weighted by Crippen LogP contribution is -2.44. The van der Waals surface area contributed by atoms with Gasteiger partial charge in [-0.25, -0.2) is 4.98 Å². The van der Waals surface area contributed by atoms with Crippen LogP contribution in [0.4, 0.5) is 11.4 Å². The molecular weight excluding hydrogens is 408 g/mol. The molecule has 2 aromatic carbocycles. The summed E-state index contributed by atoms with van der Waals surface area (Å²) in [5.41, 5.74) is 2.88. The van der Waals surface area contributed by atoms with Gasteiger partial charge in [-0.1, -0.05) is 6.92 Å². The molecule has 0 unspecified atom stereocenters. The molecule has 1 fully saturated rings. The van der Waals surface area contributed by atoms with Gasteiger partial charge in [-0.05, 0) is 43.8 Å². The number of benzene rings is 2. The lowest BCUT2D eigenvalue weighted by molar-refractivity contribution is -0.384. The van der Waals surface area contributed by atoms with Crippen molar-refractivity contribution in [3.05, 3.63) is 64.0 Å². The zero-order chi connectivity index (χ0) is 22.7. The molecular formula is C23H28N6O3. The molecule has 0 radical (unpaired) electrons. The van der Waals surface area contributed by atoms with E-state index in [9.17, 15) is 14.9 Å². The number of anilines is 1. The number of aromatic nitrogens is 2. The van der Waals surface area contributed by atoms with Crippen molar-refractivity contribution in [2.45, 2.75) is 26.4 Å². The summed E-state index contributed by atoms with van der Waals surface area (Å²) in [5, 5.41) is 13.7. The van der Waals surface area contributed by atoms with Gasteiger partial charge in [-0.2, -0.15) is 0 Å². The van der Waals surface area contributed by atoms with E-state index in [1.807, 2.05) is 18.2 Å². The van der Waals surface area contributed by atoms with Crippen LogP contribution < -0.4 is 5.32 Å². The molecule has 1 N–H and O–H groups in total. The Morgan fingerprint density at radius 1 is 1.12 bits per heavy atom. The zero-order valence-electron chi connectivity index (χ0n) is 18.5. The molecule has 0 aliphatic carbocycles. The fourth-order valence-electron chi connectivity index (χ4n) is 4.00. The molecule has 0 saturated carbocycles. The number of fused-ring (bicyclic) bond motifs is 1. The molecule has 1 aliphatic rings. The summed E-state index contributed by atoms with van der Waals surface area (Å²) in [6.45, 7) is 8.05. The summed E-state index contributed by atoms with van der Waals surface area (Å²) in [6.07, 6.45) is 1.01. The fraction of sp³-hybridized carbons (Fsp3) is 0.391. The average Bonchev–Trinajstić information content (AvgIpc) is 3.12. The molecule has 168 valence electrons. The van der Waals surface area contributed by atoms with Gasteiger partial charge in [0.2, 0.25) is 0 Å². The van der Waals surface area contributed by atoms with Crippen molar-refractivity contribution in [3.63, 3.8) is 0 Å². The Labute approximate surface area is 186 Å². The fourth-order valence-corrected chi connectivity index (χ4v) is 4.00. The van der Waals surface area contributed by atoms with Gasteiger partial charge in [0, 0.05) is 56.1 Å². The zero-order valence-corrected chi connectivity index (χ0v) is 18.5. The van der Waals surface area contributed by atoms with Crippen LogP contribution in [-0.4, -0.2) is 63.4 Å². The number of carbonyl (C=O) groups is 1. The van der Waals surface area contributed by atoms with E-state index in [2.05, 4.69) is 33.7 Å². The number of likely N-dealkylation sites (N-methyl/N-ethyl adjacent to an activating group) is 1. The van der Waals surface area contributed by atoms with Gasteiger partial charge in [-0.15, -0.1) is 0 Å². The highest BCUT2D eigenvalue weighted by atomic mass is 16.6. The minimum atomic E-state index is -0.484. The molecule has 9 heteroatoms. The number of nitrogens with one attached hydrogen (secondary N) is 1. The smallest absolute Gasteiger partial charge is 0.269 e. The Bertz CT molecular complexity index is 1120. The van der Waals surface area contributed by atoms with E-state index in [1.165, 1.54) is 24.3 Å². The van der Waals surface area contributed by atoms with Crippen LogP contribution in [0.3, 0.4) is 0 Å². The molecule has 0 spiro atoms. The van der Waals surface area contributed by atoms with Crippen LogP contribution in [0.2, 0.25) is 0 Å². The van der Waals surface area contributed by atoms with Crippen molar-refractivity contribution in [1.82, 2.24) is 19.4 Å². The Morgan fingerprint density at radius 2 is 1.84 bits per heavy atom. The van der Waals surface area contributed by atoms with Crippen molar-refractivity contribution < 1.29 is 9.72 Å². The van der Waals surface area contributed by atoms with Gasteiger partial charge in [0.15, 0.2) is 0 Å². The van der Waals surface area contributed by atoms with Gasteiger partial charge in [0.25, 0.3) is 11.6 Å². The Kier molecular flexibility index (Phi) is 6.48. The molecule has 32 heavy (non-hydrogen) atoms. The molecule has 4 rings (SSSR count). The van der Waals surface area contributed by atoms with Crippen molar-refractivity contribution in [3.8, 4) is 0 Å². The van der Waals surface area contributed by atoms with Gasteiger partial charge in [-0.3, -0.25) is 19.8 Å².